The van der Waals surface area contributed by atoms with Gasteiger partial charge in [-0.15, -0.1) is 0 Å². The number of hydrogen-bond donors (Lipinski definition) is 1. The fraction of sp³-hybridized carbons (Fsp3) is 0.308. The molecule has 3 aromatic carbocycles. The summed E-state index contributed by atoms with van der Waals surface area (Å²) in [7, 11) is -8.13. The maximum atomic E-state index is 13.5. The standard InChI is InChI=1S/C26H30O5S2/c1-6-19-15-24(27)26(33(30,31)23-13-9-21(10-14-23)18(4)5)16-25(19)32(28,29)22-11-7-20(8-12-22)17(2)3/h7-18,27H,6H2,1-5H3. The van der Waals surface area contributed by atoms with Crippen molar-refractivity contribution in [3.8, 4) is 5.75 Å². The lowest BCUT2D eigenvalue weighted by molar-refractivity contribution is 0.456. The highest BCUT2D eigenvalue weighted by Crippen LogP contribution is 2.36. The van der Waals surface area contributed by atoms with Gasteiger partial charge >= 0.3 is 0 Å². The summed E-state index contributed by atoms with van der Waals surface area (Å²) in [5, 5.41) is 10.5. The van der Waals surface area contributed by atoms with Crippen molar-refractivity contribution in [3.05, 3.63) is 77.4 Å². The van der Waals surface area contributed by atoms with Gasteiger partial charge in [0.15, 0.2) is 0 Å². The van der Waals surface area contributed by atoms with Gasteiger partial charge in [0.1, 0.15) is 10.6 Å². The SMILES string of the molecule is CCc1cc(O)c(S(=O)(=O)c2ccc(C(C)C)cc2)cc1S(=O)(=O)c1ccc(C(C)C)cc1. The van der Waals surface area contributed by atoms with Crippen LogP contribution in [-0.2, 0) is 26.1 Å². The number of sulfone groups is 2. The fourth-order valence-corrected chi connectivity index (χ4v) is 6.65. The van der Waals surface area contributed by atoms with Crippen LogP contribution in [0.4, 0.5) is 0 Å². The van der Waals surface area contributed by atoms with Gasteiger partial charge in [-0.3, -0.25) is 0 Å². The molecule has 0 aliphatic heterocycles. The number of aryl methyl sites for hydroxylation is 1. The highest BCUT2D eigenvalue weighted by Gasteiger charge is 2.28. The van der Waals surface area contributed by atoms with Gasteiger partial charge in [-0.2, -0.15) is 0 Å². The molecule has 0 saturated carbocycles. The van der Waals surface area contributed by atoms with E-state index in [0.29, 0.717) is 12.0 Å². The Labute approximate surface area is 197 Å². The maximum Gasteiger partial charge on any atom is 0.210 e. The number of phenolic OH excluding ortho intramolecular Hbond substituents is 1. The summed E-state index contributed by atoms with van der Waals surface area (Å²) in [6.45, 7) is 9.80. The largest absolute Gasteiger partial charge is 0.507 e. The normalized spacial score (nSPS) is 12.5. The Morgan fingerprint density at radius 3 is 1.42 bits per heavy atom. The quantitative estimate of drug-likeness (QED) is 0.451. The summed E-state index contributed by atoms with van der Waals surface area (Å²) >= 11 is 0. The molecule has 0 radical (unpaired) electrons. The second kappa shape index (κ2) is 9.31. The van der Waals surface area contributed by atoms with E-state index in [4.69, 9.17) is 0 Å². The third-order valence-corrected chi connectivity index (χ3v) is 9.47. The fourth-order valence-electron chi connectivity index (χ4n) is 3.65. The van der Waals surface area contributed by atoms with Crippen LogP contribution in [0.3, 0.4) is 0 Å². The van der Waals surface area contributed by atoms with Crippen LogP contribution in [0.1, 0.15) is 63.1 Å². The van der Waals surface area contributed by atoms with E-state index >= 15 is 0 Å². The number of benzene rings is 3. The van der Waals surface area contributed by atoms with Crippen LogP contribution < -0.4 is 0 Å². The molecule has 0 bridgehead atoms. The average molecular weight is 487 g/mol. The van der Waals surface area contributed by atoms with Gasteiger partial charge in [0.2, 0.25) is 19.7 Å². The van der Waals surface area contributed by atoms with Gasteiger partial charge in [-0.1, -0.05) is 58.9 Å². The zero-order valence-corrected chi connectivity index (χ0v) is 21.2. The second-order valence-corrected chi connectivity index (χ2v) is 12.6. The number of rotatable bonds is 7. The molecule has 33 heavy (non-hydrogen) atoms. The molecule has 0 amide bonds. The molecule has 0 aliphatic rings. The van der Waals surface area contributed by atoms with Crippen molar-refractivity contribution in [1.29, 1.82) is 0 Å². The molecule has 3 aromatic rings. The van der Waals surface area contributed by atoms with Gasteiger partial charge in [0, 0.05) is 0 Å². The molecular weight excluding hydrogens is 456 g/mol. The van der Waals surface area contributed by atoms with Crippen molar-refractivity contribution in [3.63, 3.8) is 0 Å². The van der Waals surface area contributed by atoms with E-state index < -0.39 is 30.3 Å². The molecule has 1 N–H and O–H groups in total. The van der Waals surface area contributed by atoms with E-state index in [-0.39, 0.29) is 26.5 Å². The van der Waals surface area contributed by atoms with Crippen molar-refractivity contribution in [2.45, 2.75) is 72.5 Å². The minimum absolute atomic E-state index is 0.00363. The maximum absolute atomic E-state index is 13.5. The molecule has 0 aliphatic carbocycles. The van der Waals surface area contributed by atoms with Gasteiger partial charge in [0.25, 0.3) is 0 Å². The van der Waals surface area contributed by atoms with E-state index in [0.717, 1.165) is 17.2 Å². The smallest absolute Gasteiger partial charge is 0.210 e. The molecule has 0 aromatic heterocycles. The summed E-state index contributed by atoms with van der Waals surface area (Å²) in [4.78, 5) is -0.458. The average Bonchev–Trinajstić information content (AvgIpc) is 2.78. The zero-order chi connectivity index (χ0) is 24.6. The van der Waals surface area contributed by atoms with Crippen LogP contribution in [0.2, 0.25) is 0 Å². The molecule has 0 heterocycles. The van der Waals surface area contributed by atoms with Gasteiger partial charge in [0.05, 0.1) is 14.7 Å². The van der Waals surface area contributed by atoms with Gasteiger partial charge in [-0.05, 0) is 71.3 Å². The first-order valence-corrected chi connectivity index (χ1v) is 13.9. The molecule has 3 rings (SSSR count). The first-order chi connectivity index (χ1) is 15.4. The predicted octanol–water partition coefficient (Wildman–Crippen LogP) is 5.87. The summed E-state index contributed by atoms with van der Waals surface area (Å²) in [6.07, 6.45) is 0.315. The topological polar surface area (TPSA) is 88.5 Å². The molecule has 176 valence electrons. The van der Waals surface area contributed by atoms with Gasteiger partial charge in [-0.25, -0.2) is 16.8 Å². The molecule has 7 heteroatoms. The van der Waals surface area contributed by atoms with E-state index in [9.17, 15) is 21.9 Å². The summed E-state index contributed by atoms with van der Waals surface area (Å²) in [5.74, 6) is 0.0205. The predicted molar refractivity (Wildman–Crippen MR) is 129 cm³/mol. The molecule has 0 unspecified atom stereocenters. The Balaban J connectivity index is 2.16. The Kier molecular flexibility index (Phi) is 7.05. The molecule has 0 spiro atoms. The first kappa shape index (κ1) is 25.0. The lowest BCUT2D eigenvalue weighted by Gasteiger charge is -2.15. The Hall–Kier alpha value is -2.64. The van der Waals surface area contributed by atoms with Crippen LogP contribution >= 0.6 is 0 Å². The second-order valence-electron chi connectivity index (χ2n) is 8.74. The van der Waals surface area contributed by atoms with Crippen LogP contribution in [0.25, 0.3) is 0 Å². The Morgan fingerprint density at radius 2 is 1.06 bits per heavy atom. The monoisotopic (exact) mass is 486 g/mol. The number of aromatic hydroxyl groups is 1. The van der Waals surface area contributed by atoms with Crippen LogP contribution in [0, 0.1) is 0 Å². The first-order valence-electron chi connectivity index (χ1n) is 11.0. The van der Waals surface area contributed by atoms with Crippen molar-refractivity contribution in [2.75, 3.05) is 0 Å². The van der Waals surface area contributed by atoms with Crippen molar-refractivity contribution in [1.82, 2.24) is 0 Å². The summed E-state index contributed by atoms with van der Waals surface area (Å²) < 4.78 is 53.6. The van der Waals surface area contributed by atoms with Crippen molar-refractivity contribution >= 4 is 19.7 Å². The highest BCUT2D eigenvalue weighted by atomic mass is 32.2. The van der Waals surface area contributed by atoms with Crippen molar-refractivity contribution in [2.24, 2.45) is 0 Å². The molecular formula is C26H30O5S2. The van der Waals surface area contributed by atoms with Crippen LogP contribution in [0.15, 0.2) is 80.2 Å². The van der Waals surface area contributed by atoms with E-state index in [1.54, 1.807) is 31.2 Å². The lowest BCUT2D eigenvalue weighted by atomic mass is 10.0. The number of hydrogen-bond acceptors (Lipinski definition) is 5. The van der Waals surface area contributed by atoms with Crippen molar-refractivity contribution < 1.29 is 21.9 Å². The molecule has 0 atom stereocenters. The minimum Gasteiger partial charge on any atom is -0.507 e. The Morgan fingerprint density at radius 1 is 0.667 bits per heavy atom. The zero-order valence-electron chi connectivity index (χ0n) is 19.5. The van der Waals surface area contributed by atoms with E-state index in [1.165, 1.54) is 30.3 Å². The molecule has 0 saturated heterocycles. The summed E-state index contributed by atoms with van der Waals surface area (Å²) in [5.41, 5.74) is 2.34. The minimum atomic E-state index is -4.13. The Bertz CT molecular complexity index is 1350. The number of phenols is 1. The van der Waals surface area contributed by atoms with Gasteiger partial charge < -0.3 is 5.11 Å². The lowest BCUT2D eigenvalue weighted by Crippen LogP contribution is -2.10. The van der Waals surface area contributed by atoms with Crippen LogP contribution in [-0.4, -0.2) is 21.9 Å². The van der Waals surface area contributed by atoms with E-state index in [1.807, 2.05) is 27.7 Å². The highest BCUT2D eigenvalue weighted by molar-refractivity contribution is 7.92. The molecule has 0 fully saturated rings. The van der Waals surface area contributed by atoms with E-state index in [2.05, 4.69) is 0 Å². The molecule has 5 nitrogen and oxygen atoms in total. The van der Waals surface area contributed by atoms with Crippen LogP contribution in [0.5, 0.6) is 5.75 Å². The third-order valence-electron chi connectivity index (χ3n) is 5.82. The third kappa shape index (κ3) is 4.84. The summed E-state index contributed by atoms with van der Waals surface area (Å²) in [6, 6.07) is 15.3.